The van der Waals surface area contributed by atoms with Gasteiger partial charge in [0.2, 0.25) is 15.9 Å². The molecule has 0 radical (unpaired) electrons. The Balaban J connectivity index is 1.65. The van der Waals surface area contributed by atoms with E-state index in [-0.39, 0.29) is 23.0 Å². The normalized spacial score (nSPS) is 11.6. The molecule has 0 aliphatic carbocycles. The maximum atomic E-state index is 12.5. The Hall–Kier alpha value is -2.56. The fourth-order valence-electron chi connectivity index (χ4n) is 2.74. The molecule has 3 rings (SSSR count). The van der Waals surface area contributed by atoms with Crippen molar-refractivity contribution in [2.24, 2.45) is 0 Å². The molecule has 0 unspecified atom stereocenters. The molecule has 0 bridgehead atoms. The quantitative estimate of drug-likeness (QED) is 0.438. The minimum atomic E-state index is -3.58. The molecule has 158 valence electrons. The second-order valence-corrected chi connectivity index (χ2v) is 8.96. The van der Waals surface area contributed by atoms with E-state index in [2.05, 4.69) is 26.1 Å². The van der Waals surface area contributed by atoms with Crippen LogP contribution in [0.15, 0.2) is 62.3 Å². The highest BCUT2D eigenvalue weighted by molar-refractivity contribution is 9.10. The fourth-order valence-corrected chi connectivity index (χ4v) is 4.65. The zero-order valence-corrected chi connectivity index (χ0v) is 18.8. The molecule has 0 spiro atoms. The van der Waals surface area contributed by atoms with Crippen LogP contribution in [0, 0.1) is 0 Å². The van der Waals surface area contributed by atoms with E-state index >= 15 is 0 Å². The van der Waals surface area contributed by atoms with Crippen LogP contribution in [0.25, 0.3) is 11.5 Å². The molecule has 0 saturated heterocycles. The summed E-state index contributed by atoms with van der Waals surface area (Å²) in [5.74, 6) is -0.170. The summed E-state index contributed by atoms with van der Waals surface area (Å²) in [7, 11) is -3.58. The number of aromatic nitrogens is 2. The molecule has 0 aliphatic rings. The first-order chi connectivity index (χ1) is 14.4. The van der Waals surface area contributed by atoms with E-state index in [0.717, 1.165) is 10.0 Å². The Morgan fingerprint density at radius 2 is 1.73 bits per heavy atom. The molecule has 3 aromatic rings. The smallest absolute Gasteiger partial charge is 0.338 e. The number of benzene rings is 2. The first kappa shape index (κ1) is 22.1. The van der Waals surface area contributed by atoms with Crippen LogP contribution in [-0.4, -0.2) is 42.0 Å². The lowest BCUT2D eigenvalue weighted by atomic mass is 10.2. The van der Waals surface area contributed by atoms with E-state index in [1.807, 2.05) is 24.3 Å². The van der Waals surface area contributed by atoms with Crippen molar-refractivity contribution in [3.05, 3.63) is 64.5 Å². The summed E-state index contributed by atoms with van der Waals surface area (Å²) in [4.78, 5) is 12.4. The Kier molecular flexibility index (Phi) is 7.01. The van der Waals surface area contributed by atoms with E-state index in [9.17, 15) is 13.2 Å². The van der Waals surface area contributed by atoms with E-state index in [1.165, 1.54) is 28.6 Å². The van der Waals surface area contributed by atoms with Crippen LogP contribution < -0.4 is 0 Å². The number of hydrogen-bond donors (Lipinski definition) is 0. The van der Waals surface area contributed by atoms with Gasteiger partial charge < -0.3 is 9.15 Å². The molecule has 0 N–H and O–H groups in total. The second kappa shape index (κ2) is 9.50. The highest BCUT2D eigenvalue weighted by atomic mass is 79.9. The summed E-state index contributed by atoms with van der Waals surface area (Å²) >= 11 is 3.41. The third kappa shape index (κ3) is 4.77. The molecular formula is C20H20BrN3O5S. The number of carbonyl (C=O) groups is 1. The number of carbonyl (C=O) groups excluding carboxylic acids is 1. The van der Waals surface area contributed by atoms with Crippen molar-refractivity contribution in [3.63, 3.8) is 0 Å². The molecule has 30 heavy (non-hydrogen) atoms. The highest BCUT2D eigenvalue weighted by Crippen LogP contribution is 2.26. The van der Waals surface area contributed by atoms with Gasteiger partial charge in [-0.25, -0.2) is 13.2 Å². The summed E-state index contributed by atoms with van der Waals surface area (Å²) in [5.41, 5.74) is 0.951. The van der Waals surface area contributed by atoms with Crippen molar-refractivity contribution < 1.29 is 22.4 Å². The van der Waals surface area contributed by atoms with E-state index in [4.69, 9.17) is 9.15 Å². The van der Waals surface area contributed by atoms with E-state index in [0.29, 0.717) is 19.0 Å². The SMILES string of the molecule is CCN(CC)S(=O)(=O)c1ccc(C(=O)OCc2nnc(-c3ccccc3Br)o2)cc1. The van der Waals surface area contributed by atoms with Crippen molar-refractivity contribution in [1.82, 2.24) is 14.5 Å². The zero-order chi connectivity index (χ0) is 21.7. The molecule has 1 heterocycles. The van der Waals surface area contributed by atoms with Crippen LogP contribution in [0.3, 0.4) is 0 Å². The predicted octanol–water partition coefficient (Wildman–Crippen LogP) is 3.89. The van der Waals surface area contributed by atoms with Gasteiger partial charge in [-0.05, 0) is 52.3 Å². The van der Waals surface area contributed by atoms with Crippen molar-refractivity contribution in [2.45, 2.75) is 25.3 Å². The first-order valence-corrected chi connectivity index (χ1v) is 11.4. The Morgan fingerprint density at radius 3 is 2.37 bits per heavy atom. The van der Waals surface area contributed by atoms with Crippen LogP contribution in [0.2, 0.25) is 0 Å². The van der Waals surface area contributed by atoms with Gasteiger partial charge in [-0.15, -0.1) is 10.2 Å². The maximum absolute atomic E-state index is 12.5. The van der Waals surface area contributed by atoms with Gasteiger partial charge in [0.15, 0.2) is 6.61 Å². The molecule has 1 aromatic heterocycles. The lowest BCUT2D eigenvalue weighted by Crippen LogP contribution is -2.30. The Labute approximate surface area is 183 Å². The zero-order valence-electron chi connectivity index (χ0n) is 16.4. The molecule has 10 heteroatoms. The van der Waals surface area contributed by atoms with Crippen molar-refractivity contribution >= 4 is 31.9 Å². The fraction of sp³-hybridized carbons (Fsp3) is 0.250. The molecular weight excluding hydrogens is 474 g/mol. The van der Waals surface area contributed by atoms with Crippen molar-refractivity contribution in [2.75, 3.05) is 13.1 Å². The number of halogens is 1. The summed E-state index contributed by atoms with van der Waals surface area (Å²) in [5, 5.41) is 7.84. The molecule has 2 aromatic carbocycles. The average molecular weight is 494 g/mol. The van der Waals surface area contributed by atoms with Crippen molar-refractivity contribution in [1.29, 1.82) is 0 Å². The van der Waals surface area contributed by atoms with Gasteiger partial charge in [0.25, 0.3) is 5.89 Å². The standard InChI is InChI=1S/C20H20BrN3O5S/c1-3-24(4-2)30(26,27)15-11-9-14(10-12-15)20(25)28-13-18-22-23-19(29-18)16-7-5-6-8-17(16)21/h5-12H,3-4,13H2,1-2H3. The number of ether oxygens (including phenoxy) is 1. The topological polar surface area (TPSA) is 103 Å². The van der Waals surface area contributed by atoms with Crippen LogP contribution in [0.4, 0.5) is 0 Å². The van der Waals surface area contributed by atoms with Gasteiger partial charge >= 0.3 is 5.97 Å². The summed E-state index contributed by atoms with van der Waals surface area (Å²) in [6.45, 7) is 4.08. The number of esters is 1. The largest absolute Gasteiger partial charge is 0.452 e. The van der Waals surface area contributed by atoms with Crippen LogP contribution in [0.1, 0.15) is 30.1 Å². The predicted molar refractivity (Wildman–Crippen MR) is 113 cm³/mol. The summed E-state index contributed by atoms with van der Waals surface area (Å²) < 4.78 is 37.9. The van der Waals surface area contributed by atoms with Gasteiger partial charge in [0.1, 0.15) is 0 Å². The van der Waals surface area contributed by atoms with Crippen LogP contribution in [0.5, 0.6) is 0 Å². The molecule has 0 aliphatic heterocycles. The maximum Gasteiger partial charge on any atom is 0.338 e. The Bertz CT molecular complexity index is 1130. The van der Waals surface area contributed by atoms with Gasteiger partial charge in [-0.2, -0.15) is 4.31 Å². The number of nitrogens with zero attached hydrogens (tertiary/aromatic N) is 3. The van der Waals surface area contributed by atoms with E-state index < -0.39 is 16.0 Å². The van der Waals surface area contributed by atoms with Gasteiger partial charge in [-0.1, -0.05) is 26.0 Å². The minimum absolute atomic E-state index is 0.123. The monoisotopic (exact) mass is 493 g/mol. The molecule has 8 nitrogen and oxygen atoms in total. The number of hydrogen-bond acceptors (Lipinski definition) is 7. The third-order valence-corrected chi connectivity index (χ3v) is 7.09. The third-order valence-electron chi connectivity index (χ3n) is 4.33. The number of rotatable bonds is 8. The van der Waals surface area contributed by atoms with Crippen LogP contribution in [-0.2, 0) is 21.4 Å². The average Bonchev–Trinajstić information content (AvgIpc) is 3.22. The summed E-state index contributed by atoms with van der Waals surface area (Å²) in [6, 6.07) is 13.0. The Morgan fingerprint density at radius 1 is 1.07 bits per heavy atom. The lowest BCUT2D eigenvalue weighted by Gasteiger charge is -2.18. The molecule has 0 amide bonds. The molecule has 0 saturated carbocycles. The summed E-state index contributed by atoms with van der Waals surface area (Å²) in [6.07, 6.45) is 0. The van der Waals surface area contributed by atoms with E-state index in [1.54, 1.807) is 13.8 Å². The minimum Gasteiger partial charge on any atom is -0.452 e. The second-order valence-electron chi connectivity index (χ2n) is 6.17. The van der Waals surface area contributed by atoms with Crippen molar-refractivity contribution in [3.8, 4) is 11.5 Å². The van der Waals surface area contributed by atoms with Gasteiger partial charge in [-0.3, -0.25) is 0 Å². The molecule has 0 fully saturated rings. The van der Waals surface area contributed by atoms with Gasteiger partial charge in [0, 0.05) is 17.6 Å². The highest BCUT2D eigenvalue weighted by Gasteiger charge is 2.22. The molecule has 0 atom stereocenters. The number of sulfonamides is 1. The van der Waals surface area contributed by atoms with Gasteiger partial charge in [0.05, 0.1) is 16.0 Å². The van der Waals surface area contributed by atoms with Crippen LogP contribution >= 0.6 is 15.9 Å². The lowest BCUT2D eigenvalue weighted by molar-refractivity contribution is 0.0438. The first-order valence-electron chi connectivity index (χ1n) is 9.21.